The molecule has 1 aliphatic rings. The third-order valence-corrected chi connectivity index (χ3v) is 4.33. The molecule has 0 spiro atoms. The van der Waals surface area contributed by atoms with Gasteiger partial charge < -0.3 is 9.88 Å². The van der Waals surface area contributed by atoms with Crippen LogP contribution in [-0.2, 0) is 6.54 Å². The van der Waals surface area contributed by atoms with Gasteiger partial charge in [0.25, 0.3) is 0 Å². The molecule has 2 heterocycles. The first-order chi connectivity index (χ1) is 8.86. The number of hydrogen-bond acceptors (Lipinski definition) is 2. The van der Waals surface area contributed by atoms with Crippen LogP contribution >= 0.6 is 11.3 Å². The van der Waals surface area contributed by atoms with Crippen LogP contribution in [0.3, 0.4) is 0 Å². The molecular weight excluding hydrogens is 240 g/mol. The van der Waals surface area contributed by atoms with E-state index in [-0.39, 0.29) is 0 Å². The Bertz CT molecular complexity index is 482. The molecule has 1 N–H and O–H groups in total. The monoisotopic (exact) mass is 260 g/mol. The number of nitrogens with one attached hydrogen (secondary N) is 1. The van der Waals surface area contributed by atoms with Crippen molar-refractivity contribution in [2.75, 3.05) is 6.54 Å². The van der Waals surface area contributed by atoms with Gasteiger partial charge in [-0.25, -0.2) is 0 Å². The van der Waals surface area contributed by atoms with E-state index in [2.05, 4.69) is 52.1 Å². The van der Waals surface area contributed by atoms with Crippen molar-refractivity contribution in [3.05, 3.63) is 46.4 Å². The van der Waals surface area contributed by atoms with Crippen LogP contribution in [0.15, 0.2) is 35.3 Å². The lowest BCUT2D eigenvalue weighted by Crippen LogP contribution is -2.22. The minimum atomic E-state index is 0.568. The minimum Gasteiger partial charge on any atom is -0.350 e. The lowest BCUT2D eigenvalue weighted by molar-refractivity contribution is 0.495. The first kappa shape index (κ1) is 12.0. The van der Waals surface area contributed by atoms with E-state index in [4.69, 9.17) is 0 Å². The zero-order chi connectivity index (χ0) is 12.4. The molecule has 1 saturated carbocycles. The van der Waals surface area contributed by atoms with Crippen molar-refractivity contribution in [1.82, 2.24) is 9.88 Å². The minimum absolute atomic E-state index is 0.568. The predicted octanol–water partition coefficient (Wildman–Crippen LogP) is 3.66. The molecule has 0 amide bonds. The fourth-order valence-corrected chi connectivity index (χ4v) is 3.20. The van der Waals surface area contributed by atoms with Gasteiger partial charge in [-0.15, -0.1) is 0 Å². The maximum absolute atomic E-state index is 3.62. The number of hydrogen-bond donors (Lipinski definition) is 1. The summed E-state index contributed by atoms with van der Waals surface area (Å²) >= 11 is 1.77. The van der Waals surface area contributed by atoms with Crippen molar-refractivity contribution in [3.8, 4) is 0 Å². The van der Waals surface area contributed by atoms with E-state index in [1.54, 1.807) is 11.3 Å². The highest BCUT2D eigenvalue weighted by molar-refractivity contribution is 7.07. The topological polar surface area (TPSA) is 17.0 Å². The quantitative estimate of drug-likeness (QED) is 0.838. The summed E-state index contributed by atoms with van der Waals surface area (Å²) in [6.45, 7) is 4.24. The predicted molar refractivity (Wildman–Crippen MR) is 77.0 cm³/mol. The molecule has 0 aromatic carbocycles. The van der Waals surface area contributed by atoms with E-state index in [1.807, 2.05) is 0 Å². The van der Waals surface area contributed by atoms with E-state index in [9.17, 15) is 0 Å². The van der Waals surface area contributed by atoms with Crippen LogP contribution in [0.4, 0.5) is 0 Å². The average molecular weight is 260 g/mol. The van der Waals surface area contributed by atoms with Crippen LogP contribution in [0.1, 0.15) is 36.9 Å². The zero-order valence-electron chi connectivity index (χ0n) is 10.8. The second kappa shape index (κ2) is 5.29. The third-order valence-electron chi connectivity index (χ3n) is 3.60. The average Bonchev–Trinajstić information content (AvgIpc) is 2.88. The van der Waals surface area contributed by atoms with Crippen molar-refractivity contribution in [2.24, 2.45) is 5.92 Å². The highest BCUT2D eigenvalue weighted by Gasteiger charge is 2.31. The van der Waals surface area contributed by atoms with Gasteiger partial charge in [-0.05, 0) is 59.3 Å². The molecule has 0 bridgehead atoms. The van der Waals surface area contributed by atoms with E-state index in [0.717, 1.165) is 19.0 Å². The van der Waals surface area contributed by atoms with Crippen LogP contribution < -0.4 is 5.32 Å². The first-order valence-corrected chi connectivity index (χ1v) is 7.71. The fourth-order valence-electron chi connectivity index (χ4n) is 2.54. The van der Waals surface area contributed by atoms with Gasteiger partial charge in [0.2, 0.25) is 0 Å². The summed E-state index contributed by atoms with van der Waals surface area (Å²) in [6, 6.07) is 5.05. The second-order valence-electron chi connectivity index (χ2n) is 5.12. The van der Waals surface area contributed by atoms with E-state index >= 15 is 0 Å². The largest absolute Gasteiger partial charge is 0.350 e. The maximum atomic E-state index is 3.62. The van der Waals surface area contributed by atoms with Crippen LogP contribution in [0.25, 0.3) is 0 Å². The van der Waals surface area contributed by atoms with Gasteiger partial charge in [-0.3, -0.25) is 0 Å². The normalized spacial score (nSPS) is 16.9. The highest BCUT2D eigenvalue weighted by atomic mass is 32.1. The molecule has 1 fully saturated rings. The Balaban J connectivity index is 1.71. The standard InChI is InChI=1S/C15H20N2S/c1-2-16-15(13-3-4-13)14-5-7-17(10-14)9-12-6-8-18-11-12/h5-8,10-11,13,15-16H,2-4,9H2,1H3. The molecule has 1 atom stereocenters. The third kappa shape index (κ3) is 2.68. The van der Waals surface area contributed by atoms with Gasteiger partial charge in [0.1, 0.15) is 0 Å². The summed E-state index contributed by atoms with van der Waals surface area (Å²) < 4.78 is 2.30. The lowest BCUT2D eigenvalue weighted by Gasteiger charge is -2.15. The molecule has 96 valence electrons. The Morgan fingerprint density at radius 1 is 1.44 bits per heavy atom. The zero-order valence-corrected chi connectivity index (χ0v) is 11.6. The molecule has 2 aromatic rings. The van der Waals surface area contributed by atoms with Crippen LogP contribution in [0.2, 0.25) is 0 Å². The summed E-state index contributed by atoms with van der Waals surface area (Å²) in [7, 11) is 0. The molecule has 2 nitrogen and oxygen atoms in total. The molecule has 0 aliphatic heterocycles. The van der Waals surface area contributed by atoms with Crippen molar-refractivity contribution in [3.63, 3.8) is 0 Å². The van der Waals surface area contributed by atoms with Crippen molar-refractivity contribution >= 4 is 11.3 Å². The summed E-state index contributed by atoms with van der Waals surface area (Å²) in [5.74, 6) is 0.863. The maximum Gasteiger partial charge on any atom is 0.0478 e. The highest BCUT2D eigenvalue weighted by Crippen LogP contribution is 2.41. The van der Waals surface area contributed by atoms with Crippen molar-refractivity contribution in [1.29, 1.82) is 0 Å². The number of nitrogens with zero attached hydrogens (tertiary/aromatic N) is 1. The van der Waals surface area contributed by atoms with E-state index < -0.39 is 0 Å². The summed E-state index contributed by atoms with van der Waals surface area (Å²) in [5, 5.41) is 7.99. The molecule has 0 saturated heterocycles. The number of rotatable bonds is 6. The van der Waals surface area contributed by atoms with Gasteiger partial charge in [0.15, 0.2) is 0 Å². The summed E-state index contributed by atoms with van der Waals surface area (Å²) in [6.07, 6.45) is 7.28. The molecular formula is C15H20N2S. The Morgan fingerprint density at radius 2 is 2.33 bits per heavy atom. The van der Waals surface area contributed by atoms with Crippen molar-refractivity contribution in [2.45, 2.75) is 32.4 Å². The Labute approximate surface area is 113 Å². The van der Waals surface area contributed by atoms with E-state index in [0.29, 0.717) is 6.04 Å². The van der Waals surface area contributed by atoms with E-state index in [1.165, 1.54) is 24.0 Å². The van der Waals surface area contributed by atoms with Crippen LogP contribution in [0.5, 0.6) is 0 Å². The molecule has 0 radical (unpaired) electrons. The molecule has 3 rings (SSSR count). The first-order valence-electron chi connectivity index (χ1n) is 6.77. The van der Waals surface area contributed by atoms with Gasteiger partial charge in [0, 0.05) is 25.0 Å². The lowest BCUT2D eigenvalue weighted by atomic mass is 10.1. The summed E-state index contributed by atoms with van der Waals surface area (Å²) in [5.41, 5.74) is 2.85. The van der Waals surface area contributed by atoms with Gasteiger partial charge in [0.05, 0.1) is 0 Å². The molecule has 1 aliphatic carbocycles. The Morgan fingerprint density at radius 3 is 3.00 bits per heavy atom. The Kier molecular flexibility index (Phi) is 3.52. The molecule has 2 aromatic heterocycles. The summed E-state index contributed by atoms with van der Waals surface area (Å²) in [4.78, 5) is 0. The molecule has 3 heteroatoms. The number of aromatic nitrogens is 1. The molecule has 1 unspecified atom stereocenters. The number of thiophene rings is 1. The second-order valence-corrected chi connectivity index (χ2v) is 5.90. The SMILES string of the molecule is CCNC(c1ccn(Cc2ccsc2)c1)C1CC1. The van der Waals surface area contributed by atoms with Crippen molar-refractivity contribution < 1.29 is 0 Å². The van der Waals surface area contributed by atoms with Gasteiger partial charge in [-0.2, -0.15) is 11.3 Å². The van der Waals surface area contributed by atoms with Crippen LogP contribution in [0, 0.1) is 5.92 Å². The molecule has 18 heavy (non-hydrogen) atoms. The van der Waals surface area contributed by atoms with Gasteiger partial charge >= 0.3 is 0 Å². The van der Waals surface area contributed by atoms with Gasteiger partial charge in [-0.1, -0.05) is 6.92 Å². The smallest absolute Gasteiger partial charge is 0.0478 e. The fraction of sp³-hybridized carbons (Fsp3) is 0.467. The van der Waals surface area contributed by atoms with Crippen LogP contribution in [-0.4, -0.2) is 11.1 Å². The Hall–Kier alpha value is -1.06.